The van der Waals surface area contributed by atoms with Gasteiger partial charge in [0, 0.05) is 16.9 Å². The number of benzene rings is 3. The SMILES string of the molecule is C=C(/C=C\C=C/C)c1ccccc1Nc1ccc(-c2ccc(C)cc2)cc1. The summed E-state index contributed by atoms with van der Waals surface area (Å²) in [7, 11) is 0. The van der Waals surface area contributed by atoms with Gasteiger partial charge in [0.25, 0.3) is 0 Å². The molecule has 0 saturated carbocycles. The molecule has 0 aliphatic carbocycles. The first-order chi connectivity index (χ1) is 13.2. The van der Waals surface area contributed by atoms with Crippen molar-refractivity contribution in [3.63, 3.8) is 0 Å². The molecule has 0 radical (unpaired) electrons. The molecule has 0 saturated heterocycles. The first-order valence-corrected chi connectivity index (χ1v) is 9.19. The van der Waals surface area contributed by atoms with E-state index in [4.69, 9.17) is 0 Å². The van der Waals surface area contributed by atoms with Gasteiger partial charge in [-0.3, -0.25) is 0 Å². The standard InChI is InChI=1S/C26H25N/c1-4-5-6-9-21(3)25-10-7-8-11-26(25)27-24-18-16-23(17-19-24)22-14-12-20(2)13-15-22/h4-19,27H,3H2,1-2H3/b5-4-,9-6-. The zero-order valence-electron chi connectivity index (χ0n) is 15.9. The van der Waals surface area contributed by atoms with Crippen molar-refractivity contribution in [1.29, 1.82) is 0 Å². The van der Waals surface area contributed by atoms with Crippen LogP contribution >= 0.6 is 0 Å². The van der Waals surface area contributed by atoms with Crippen molar-refractivity contribution in [3.8, 4) is 11.1 Å². The van der Waals surface area contributed by atoms with Gasteiger partial charge in [-0.25, -0.2) is 0 Å². The van der Waals surface area contributed by atoms with Gasteiger partial charge in [0.15, 0.2) is 0 Å². The van der Waals surface area contributed by atoms with Gasteiger partial charge < -0.3 is 5.32 Å². The number of rotatable bonds is 6. The second-order valence-electron chi connectivity index (χ2n) is 6.52. The average molecular weight is 351 g/mol. The number of nitrogens with one attached hydrogen (secondary N) is 1. The Labute approximate surface area is 162 Å². The fourth-order valence-electron chi connectivity index (χ4n) is 2.89. The maximum Gasteiger partial charge on any atom is 0.0463 e. The van der Waals surface area contributed by atoms with Crippen molar-refractivity contribution in [2.24, 2.45) is 0 Å². The smallest absolute Gasteiger partial charge is 0.0463 e. The van der Waals surface area contributed by atoms with E-state index in [9.17, 15) is 0 Å². The number of para-hydroxylation sites is 1. The molecule has 27 heavy (non-hydrogen) atoms. The van der Waals surface area contributed by atoms with Crippen molar-refractivity contribution < 1.29 is 0 Å². The second kappa shape index (κ2) is 8.86. The van der Waals surface area contributed by atoms with Crippen LogP contribution in [0, 0.1) is 6.92 Å². The van der Waals surface area contributed by atoms with E-state index in [1.165, 1.54) is 16.7 Å². The van der Waals surface area contributed by atoms with Crippen LogP contribution in [-0.2, 0) is 0 Å². The van der Waals surface area contributed by atoms with Gasteiger partial charge in [0.1, 0.15) is 0 Å². The van der Waals surface area contributed by atoms with E-state index >= 15 is 0 Å². The summed E-state index contributed by atoms with van der Waals surface area (Å²) in [5, 5.41) is 3.52. The number of allylic oxidation sites excluding steroid dienone is 5. The topological polar surface area (TPSA) is 12.0 Å². The third kappa shape index (κ3) is 4.86. The molecule has 1 heteroatoms. The van der Waals surface area contributed by atoms with Crippen LogP contribution < -0.4 is 5.32 Å². The predicted molar refractivity (Wildman–Crippen MR) is 119 cm³/mol. The zero-order valence-corrected chi connectivity index (χ0v) is 15.9. The third-order valence-electron chi connectivity index (χ3n) is 4.42. The molecule has 0 amide bonds. The Morgan fingerprint density at radius 1 is 0.815 bits per heavy atom. The number of hydrogen-bond acceptors (Lipinski definition) is 1. The Morgan fingerprint density at radius 3 is 2.11 bits per heavy atom. The molecule has 0 fully saturated rings. The molecule has 1 nitrogen and oxygen atoms in total. The molecular formula is C26H25N. The highest BCUT2D eigenvalue weighted by Crippen LogP contribution is 2.28. The summed E-state index contributed by atoms with van der Waals surface area (Å²) >= 11 is 0. The molecule has 0 aliphatic heterocycles. The van der Waals surface area contributed by atoms with Gasteiger partial charge in [-0.2, -0.15) is 0 Å². The van der Waals surface area contributed by atoms with Crippen molar-refractivity contribution in [3.05, 3.63) is 115 Å². The normalized spacial score (nSPS) is 11.2. The first kappa shape index (κ1) is 18.5. The van der Waals surface area contributed by atoms with Gasteiger partial charge in [-0.15, -0.1) is 0 Å². The lowest BCUT2D eigenvalue weighted by molar-refractivity contribution is 1.46. The molecule has 0 aromatic heterocycles. The summed E-state index contributed by atoms with van der Waals surface area (Å²) in [5.41, 5.74) is 7.91. The van der Waals surface area contributed by atoms with Crippen LogP contribution in [0.5, 0.6) is 0 Å². The van der Waals surface area contributed by atoms with Crippen LogP contribution in [0.1, 0.15) is 18.1 Å². The monoisotopic (exact) mass is 351 g/mol. The maximum atomic E-state index is 4.20. The second-order valence-corrected chi connectivity index (χ2v) is 6.52. The molecule has 0 aliphatic rings. The highest BCUT2D eigenvalue weighted by atomic mass is 14.9. The van der Waals surface area contributed by atoms with Gasteiger partial charge in [0.05, 0.1) is 0 Å². The Morgan fingerprint density at radius 2 is 1.44 bits per heavy atom. The van der Waals surface area contributed by atoms with Crippen molar-refractivity contribution in [1.82, 2.24) is 0 Å². The molecule has 0 bridgehead atoms. The van der Waals surface area contributed by atoms with Crippen molar-refractivity contribution >= 4 is 16.9 Å². The average Bonchev–Trinajstić information content (AvgIpc) is 2.70. The van der Waals surface area contributed by atoms with Crippen LogP contribution in [-0.4, -0.2) is 0 Å². The summed E-state index contributed by atoms with van der Waals surface area (Å²) in [4.78, 5) is 0. The minimum atomic E-state index is 0.979. The summed E-state index contributed by atoms with van der Waals surface area (Å²) in [6.07, 6.45) is 8.05. The van der Waals surface area contributed by atoms with Gasteiger partial charge in [0.2, 0.25) is 0 Å². The summed E-state index contributed by atoms with van der Waals surface area (Å²) < 4.78 is 0. The van der Waals surface area contributed by atoms with Crippen LogP contribution in [0.3, 0.4) is 0 Å². The molecule has 0 heterocycles. The van der Waals surface area contributed by atoms with Crippen LogP contribution in [0.15, 0.2) is 104 Å². The fraction of sp³-hybridized carbons (Fsp3) is 0.0769. The van der Waals surface area contributed by atoms with E-state index in [0.29, 0.717) is 0 Å². The first-order valence-electron chi connectivity index (χ1n) is 9.19. The highest BCUT2D eigenvalue weighted by Gasteiger charge is 2.04. The Hall–Kier alpha value is -3.32. The lowest BCUT2D eigenvalue weighted by Crippen LogP contribution is -1.94. The van der Waals surface area contributed by atoms with E-state index < -0.39 is 0 Å². The van der Waals surface area contributed by atoms with Crippen molar-refractivity contribution in [2.75, 3.05) is 5.32 Å². The van der Waals surface area contributed by atoms with Gasteiger partial charge in [-0.1, -0.05) is 91.0 Å². The molecular weight excluding hydrogens is 326 g/mol. The van der Waals surface area contributed by atoms with E-state index in [0.717, 1.165) is 22.5 Å². The lowest BCUT2D eigenvalue weighted by Gasteiger charge is -2.13. The fourth-order valence-corrected chi connectivity index (χ4v) is 2.89. The summed E-state index contributed by atoms with van der Waals surface area (Å²) in [5.74, 6) is 0. The lowest BCUT2D eigenvalue weighted by atomic mass is 10.0. The largest absolute Gasteiger partial charge is 0.355 e. The van der Waals surface area contributed by atoms with Crippen LogP contribution in [0.25, 0.3) is 16.7 Å². The minimum absolute atomic E-state index is 0.979. The highest BCUT2D eigenvalue weighted by molar-refractivity contribution is 5.83. The molecule has 0 atom stereocenters. The zero-order chi connectivity index (χ0) is 19.1. The predicted octanol–water partition coefficient (Wildman–Crippen LogP) is 7.55. The third-order valence-corrected chi connectivity index (χ3v) is 4.42. The Bertz CT molecular complexity index is 958. The molecule has 3 aromatic rings. The van der Waals surface area contributed by atoms with E-state index in [1.54, 1.807) is 0 Å². The molecule has 0 spiro atoms. The van der Waals surface area contributed by atoms with E-state index in [-0.39, 0.29) is 0 Å². The number of anilines is 2. The molecule has 0 unspecified atom stereocenters. The van der Waals surface area contributed by atoms with E-state index in [1.807, 2.05) is 43.4 Å². The van der Waals surface area contributed by atoms with Gasteiger partial charge in [-0.05, 0) is 48.7 Å². The molecule has 1 N–H and O–H groups in total. The maximum absolute atomic E-state index is 4.20. The summed E-state index contributed by atoms with van der Waals surface area (Å²) in [6.45, 7) is 8.31. The Kier molecular flexibility index (Phi) is 6.06. The molecule has 134 valence electrons. The van der Waals surface area contributed by atoms with Gasteiger partial charge >= 0.3 is 0 Å². The summed E-state index contributed by atoms with van der Waals surface area (Å²) in [6, 6.07) is 25.4. The molecule has 3 aromatic carbocycles. The quantitative estimate of drug-likeness (QED) is 0.452. The van der Waals surface area contributed by atoms with Crippen LogP contribution in [0.2, 0.25) is 0 Å². The van der Waals surface area contributed by atoms with Crippen LogP contribution in [0.4, 0.5) is 11.4 Å². The number of aryl methyl sites for hydroxylation is 1. The van der Waals surface area contributed by atoms with Crippen molar-refractivity contribution in [2.45, 2.75) is 13.8 Å². The minimum Gasteiger partial charge on any atom is -0.355 e. The number of hydrogen-bond donors (Lipinski definition) is 1. The molecule has 3 rings (SSSR count). The van der Waals surface area contributed by atoms with E-state index in [2.05, 4.69) is 79.5 Å². The Balaban J connectivity index is 1.79.